The number of nitrogens with one attached hydrogen (secondary N) is 1. The van der Waals surface area contributed by atoms with E-state index in [0.717, 1.165) is 9.13 Å². The smallest absolute Gasteiger partial charge is 0.197 e. The van der Waals surface area contributed by atoms with E-state index in [4.69, 9.17) is 0 Å². The summed E-state index contributed by atoms with van der Waals surface area (Å²) in [7, 11) is 0. The number of aromatic amines is 1. The molecule has 0 unspecified atom stereocenters. The zero-order chi connectivity index (χ0) is 6.85. The largest absolute Gasteiger partial charge is 0.366 e. The van der Waals surface area contributed by atoms with Gasteiger partial charge in [0.2, 0.25) is 0 Å². The van der Waals surface area contributed by atoms with Crippen LogP contribution in [0.15, 0.2) is 17.2 Å². The number of hydrogen-bond donors (Lipinski definition) is 1. The van der Waals surface area contributed by atoms with E-state index in [1.165, 1.54) is 0 Å². The van der Waals surface area contributed by atoms with E-state index in [-0.39, 0.29) is 5.43 Å². The molecule has 1 aromatic rings. The summed E-state index contributed by atoms with van der Waals surface area (Å²) >= 11 is 2.01. The third kappa shape index (κ3) is 1.32. The lowest BCUT2D eigenvalue weighted by Gasteiger charge is -1.89. The summed E-state index contributed by atoms with van der Waals surface area (Å²) in [4.78, 5) is 13.8. The molecular formula is C6H6INO. The summed E-state index contributed by atoms with van der Waals surface area (Å²) in [6.45, 7) is 1.79. The first kappa shape index (κ1) is 6.80. The molecule has 0 aliphatic heterocycles. The molecule has 0 fully saturated rings. The van der Waals surface area contributed by atoms with Crippen molar-refractivity contribution >= 4 is 22.6 Å². The Balaban J connectivity index is 3.43. The third-order valence-electron chi connectivity index (χ3n) is 1.08. The van der Waals surface area contributed by atoms with Crippen LogP contribution in [0.25, 0.3) is 0 Å². The quantitative estimate of drug-likeness (QED) is 0.675. The molecule has 1 N–H and O–H groups in total. The van der Waals surface area contributed by atoms with Gasteiger partial charge in [-0.3, -0.25) is 4.79 Å². The summed E-state index contributed by atoms with van der Waals surface area (Å²) in [5.74, 6) is 0. The molecule has 9 heavy (non-hydrogen) atoms. The number of aryl methyl sites for hydroxylation is 1. The van der Waals surface area contributed by atoms with Crippen molar-refractivity contribution in [2.45, 2.75) is 6.92 Å². The maximum atomic E-state index is 10.9. The van der Waals surface area contributed by atoms with Gasteiger partial charge in [0, 0.05) is 18.0 Å². The highest BCUT2D eigenvalue weighted by atomic mass is 127. The van der Waals surface area contributed by atoms with Crippen LogP contribution in [0.4, 0.5) is 0 Å². The van der Waals surface area contributed by atoms with Gasteiger partial charge in [-0.15, -0.1) is 0 Å². The monoisotopic (exact) mass is 235 g/mol. The van der Waals surface area contributed by atoms with Crippen molar-refractivity contribution in [1.82, 2.24) is 4.98 Å². The number of halogens is 1. The second-order valence-electron chi connectivity index (χ2n) is 1.82. The van der Waals surface area contributed by atoms with Gasteiger partial charge in [-0.05, 0) is 29.5 Å². The van der Waals surface area contributed by atoms with E-state index in [1.807, 2.05) is 22.6 Å². The average Bonchev–Trinajstić information content (AvgIpc) is 1.83. The predicted molar refractivity (Wildman–Crippen MR) is 44.5 cm³/mol. The zero-order valence-corrected chi connectivity index (χ0v) is 7.10. The number of rotatable bonds is 0. The summed E-state index contributed by atoms with van der Waals surface area (Å²) < 4.78 is 0.743. The summed E-state index contributed by atoms with van der Waals surface area (Å²) in [5.41, 5.74) is 0.885. The minimum absolute atomic E-state index is 0.120. The van der Waals surface area contributed by atoms with Gasteiger partial charge in [0.05, 0.1) is 3.57 Å². The van der Waals surface area contributed by atoms with Crippen LogP contribution in [-0.4, -0.2) is 4.98 Å². The highest BCUT2D eigenvalue weighted by Crippen LogP contribution is 1.94. The van der Waals surface area contributed by atoms with E-state index >= 15 is 0 Å². The molecule has 0 aliphatic carbocycles. The van der Waals surface area contributed by atoms with Gasteiger partial charge < -0.3 is 4.98 Å². The number of hydrogen-bond acceptors (Lipinski definition) is 1. The molecule has 0 amide bonds. The van der Waals surface area contributed by atoms with Crippen molar-refractivity contribution in [3.8, 4) is 0 Å². The predicted octanol–water partition coefficient (Wildman–Crippen LogP) is 1.29. The van der Waals surface area contributed by atoms with E-state index in [9.17, 15) is 4.79 Å². The molecule has 0 bridgehead atoms. The van der Waals surface area contributed by atoms with Crippen molar-refractivity contribution < 1.29 is 0 Å². The standard InChI is InChI=1S/C6H6INO/c1-4-2-8-3-5(7)6(4)9/h2-3H,1H3,(H,8,9). The molecule has 0 spiro atoms. The first-order valence-corrected chi connectivity index (χ1v) is 3.63. The molecule has 0 aliphatic rings. The molecule has 0 saturated heterocycles. The van der Waals surface area contributed by atoms with Crippen molar-refractivity contribution in [2.75, 3.05) is 0 Å². The van der Waals surface area contributed by atoms with Gasteiger partial charge in [0.1, 0.15) is 0 Å². The summed E-state index contributed by atoms with van der Waals surface area (Å²) in [6, 6.07) is 0. The third-order valence-corrected chi connectivity index (χ3v) is 1.89. The lowest BCUT2D eigenvalue weighted by atomic mass is 10.3. The van der Waals surface area contributed by atoms with Crippen LogP contribution in [0.3, 0.4) is 0 Å². The first-order valence-electron chi connectivity index (χ1n) is 2.55. The second-order valence-corrected chi connectivity index (χ2v) is 2.98. The zero-order valence-electron chi connectivity index (χ0n) is 4.94. The first-order chi connectivity index (χ1) is 4.22. The van der Waals surface area contributed by atoms with Gasteiger partial charge in [0.15, 0.2) is 5.43 Å². The Hall–Kier alpha value is -0.320. The topological polar surface area (TPSA) is 32.9 Å². The van der Waals surface area contributed by atoms with E-state index in [0.29, 0.717) is 0 Å². The van der Waals surface area contributed by atoms with E-state index in [1.54, 1.807) is 19.3 Å². The maximum absolute atomic E-state index is 10.9. The number of pyridine rings is 1. The van der Waals surface area contributed by atoms with Crippen LogP contribution in [0, 0.1) is 10.5 Å². The summed E-state index contributed by atoms with van der Waals surface area (Å²) in [6.07, 6.45) is 3.39. The minimum Gasteiger partial charge on any atom is -0.366 e. The Morgan fingerprint density at radius 3 is 2.67 bits per heavy atom. The van der Waals surface area contributed by atoms with Crippen LogP contribution >= 0.6 is 22.6 Å². The van der Waals surface area contributed by atoms with Gasteiger partial charge in [0.25, 0.3) is 0 Å². The van der Waals surface area contributed by atoms with Gasteiger partial charge >= 0.3 is 0 Å². The highest BCUT2D eigenvalue weighted by molar-refractivity contribution is 14.1. The van der Waals surface area contributed by atoms with Crippen molar-refractivity contribution in [3.63, 3.8) is 0 Å². The van der Waals surface area contributed by atoms with Crippen molar-refractivity contribution in [1.29, 1.82) is 0 Å². The van der Waals surface area contributed by atoms with E-state index in [2.05, 4.69) is 4.98 Å². The fraction of sp³-hybridized carbons (Fsp3) is 0.167. The van der Waals surface area contributed by atoms with Crippen LogP contribution in [0.2, 0.25) is 0 Å². The highest BCUT2D eigenvalue weighted by Gasteiger charge is 1.94. The Morgan fingerprint density at radius 1 is 1.56 bits per heavy atom. The average molecular weight is 235 g/mol. The molecule has 0 saturated carbocycles. The van der Waals surface area contributed by atoms with E-state index < -0.39 is 0 Å². The lowest BCUT2D eigenvalue weighted by Crippen LogP contribution is -2.07. The molecule has 1 rings (SSSR count). The van der Waals surface area contributed by atoms with Gasteiger partial charge in [-0.25, -0.2) is 0 Å². The fourth-order valence-corrected chi connectivity index (χ4v) is 1.16. The lowest BCUT2D eigenvalue weighted by molar-refractivity contribution is 1.21. The maximum Gasteiger partial charge on any atom is 0.197 e. The minimum atomic E-state index is 0.120. The van der Waals surface area contributed by atoms with Gasteiger partial charge in [-0.1, -0.05) is 0 Å². The molecule has 48 valence electrons. The van der Waals surface area contributed by atoms with Crippen LogP contribution < -0.4 is 5.43 Å². The molecule has 2 nitrogen and oxygen atoms in total. The van der Waals surface area contributed by atoms with Crippen molar-refractivity contribution in [3.05, 3.63) is 31.8 Å². The van der Waals surface area contributed by atoms with Crippen LogP contribution in [0.5, 0.6) is 0 Å². The molecule has 0 radical (unpaired) electrons. The molecule has 1 heterocycles. The fourth-order valence-electron chi connectivity index (χ4n) is 0.559. The Bertz CT molecular complexity index is 243. The van der Waals surface area contributed by atoms with Gasteiger partial charge in [-0.2, -0.15) is 0 Å². The Morgan fingerprint density at radius 2 is 2.22 bits per heavy atom. The molecule has 3 heteroatoms. The molecular weight excluding hydrogens is 229 g/mol. The van der Waals surface area contributed by atoms with Crippen LogP contribution in [0.1, 0.15) is 5.56 Å². The number of H-pyrrole nitrogens is 1. The summed E-state index contributed by atoms with van der Waals surface area (Å²) in [5, 5.41) is 0. The normalized spacial score (nSPS) is 9.56. The SMILES string of the molecule is Cc1c[nH]cc(I)c1=O. The van der Waals surface area contributed by atoms with Crippen LogP contribution in [-0.2, 0) is 0 Å². The number of aromatic nitrogens is 1. The molecule has 1 aromatic heterocycles. The molecule has 0 atom stereocenters. The molecule has 0 aromatic carbocycles. The Kier molecular flexibility index (Phi) is 1.90. The second kappa shape index (κ2) is 2.51. The van der Waals surface area contributed by atoms with Crippen molar-refractivity contribution in [2.24, 2.45) is 0 Å². The Labute approximate surface area is 66.4 Å².